The van der Waals surface area contributed by atoms with Crippen LogP contribution in [0.5, 0.6) is 11.5 Å². The van der Waals surface area contributed by atoms with E-state index in [2.05, 4.69) is 17.0 Å². The molecule has 4 rings (SSSR count). The molecule has 4 nitrogen and oxygen atoms in total. The Balaban J connectivity index is 1.71. The van der Waals surface area contributed by atoms with Gasteiger partial charge >= 0.3 is 0 Å². The van der Waals surface area contributed by atoms with Crippen LogP contribution in [-0.2, 0) is 13.1 Å². The third kappa shape index (κ3) is 6.80. The van der Waals surface area contributed by atoms with E-state index in [0.717, 1.165) is 32.6 Å². The van der Waals surface area contributed by atoms with Crippen LogP contribution < -0.4 is 4.74 Å². The number of phenols is 1. The monoisotopic (exact) mass is 488 g/mol. The maximum absolute atomic E-state index is 9.73. The van der Waals surface area contributed by atoms with Gasteiger partial charge in [-0.15, -0.1) is 0 Å². The highest BCUT2D eigenvalue weighted by atomic mass is 35.5. The largest absolute Gasteiger partial charge is 0.508 e. The molecular formula is C28H25ClN2O2S. The standard InChI is InChI=1S/C28H25ClN2O2S/c1-33-26-15-9-22(10-16-26)20-31(19-21-7-13-25(32)14-8-21)28(30-24-5-3-2-4-6-24)34-27-17-11-23(29)12-18-27/h2-18,32H,19-20H2,1H3. The number of benzene rings is 4. The highest BCUT2D eigenvalue weighted by Gasteiger charge is 2.16. The molecule has 0 saturated heterocycles. The van der Waals surface area contributed by atoms with Crippen LogP contribution in [-0.4, -0.2) is 22.3 Å². The fourth-order valence-corrected chi connectivity index (χ4v) is 4.36. The van der Waals surface area contributed by atoms with Gasteiger partial charge in [0.05, 0.1) is 12.8 Å². The summed E-state index contributed by atoms with van der Waals surface area (Å²) in [5, 5.41) is 11.3. The molecule has 0 heterocycles. The predicted molar refractivity (Wildman–Crippen MR) is 141 cm³/mol. The smallest absolute Gasteiger partial charge is 0.169 e. The number of hydrogen-bond donors (Lipinski definition) is 1. The van der Waals surface area contributed by atoms with Gasteiger partial charge in [0, 0.05) is 23.0 Å². The van der Waals surface area contributed by atoms with Crippen molar-refractivity contribution in [1.82, 2.24) is 4.90 Å². The molecule has 0 saturated carbocycles. The van der Waals surface area contributed by atoms with Crippen LogP contribution in [0.1, 0.15) is 11.1 Å². The highest BCUT2D eigenvalue weighted by Crippen LogP contribution is 2.28. The second-order valence-corrected chi connectivity index (χ2v) is 9.13. The van der Waals surface area contributed by atoms with Crippen molar-refractivity contribution < 1.29 is 9.84 Å². The zero-order chi connectivity index (χ0) is 23.8. The quantitative estimate of drug-likeness (QED) is 0.166. The summed E-state index contributed by atoms with van der Waals surface area (Å²) in [6.07, 6.45) is 0. The average Bonchev–Trinajstić information content (AvgIpc) is 2.87. The first-order valence-electron chi connectivity index (χ1n) is 10.8. The molecule has 0 aliphatic carbocycles. The first-order chi connectivity index (χ1) is 16.6. The Hall–Kier alpha value is -3.41. The lowest BCUT2D eigenvalue weighted by Gasteiger charge is -2.26. The summed E-state index contributed by atoms with van der Waals surface area (Å²) in [5.41, 5.74) is 3.09. The molecule has 0 amide bonds. The molecule has 0 fully saturated rings. The number of ether oxygens (including phenoxy) is 1. The molecule has 4 aromatic carbocycles. The Morgan fingerprint density at radius 1 is 0.824 bits per heavy atom. The number of phenolic OH excluding ortho intramolecular Hbond substituents is 1. The minimum atomic E-state index is 0.249. The van der Waals surface area contributed by atoms with Gasteiger partial charge in [0.15, 0.2) is 5.17 Å². The minimum Gasteiger partial charge on any atom is -0.508 e. The van der Waals surface area contributed by atoms with E-state index in [1.807, 2.05) is 78.9 Å². The highest BCUT2D eigenvalue weighted by molar-refractivity contribution is 8.13. The molecule has 0 radical (unpaired) electrons. The molecule has 0 atom stereocenters. The SMILES string of the molecule is COc1ccc(CN(Cc2ccc(O)cc2)C(=Nc2ccccc2)Sc2ccc(Cl)cc2)cc1. The van der Waals surface area contributed by atoms with E-state index in [1.54, 1.807) is 31.0 Å². The number of thioether (sulfide) groups is 1. The van der Waals surface area contributed by atoms with E-state index in [0.29, 0.717) is 18.1 Å². The number of para-hydroxylation sites is 1. The van der Waals surface area contributed by atoms with Crippen LogP contribution in [0.3, 0.4) is 0 Å². The van der Waals surface area contributed by atoms with Crippen molar-refractivity contribution in [3.63, 3.8) is 0 Å². The Kier molecular flexibility index (Phi) is 8.12. The number of aromatic hydroxyl groups is 1. The average molecular weight is 489 g/mol. The van der Waals surface area contributed by atoms with E-state index < -0.39 is 0 Å². The number of halogens is 1. The van der Waals surface area contributed by atoms with Crippen molar-refractivity contribution in [2.45, 2.75) is 18.0 Å². The fraction of sp³-hybridized carbons (Fsp3) is 0.107. The van der Waals surface area contributed by atoms with Crippen LogP contribution >= 0.6 is 23.4 Å². The van der Waals surface area contributed by atoms with Crippen LogP contribution in [0.15, 0.2) is 113 Å². The van der Waals surface area contributed by atoms with Crippen molar-refractivity contribution in [3.05, 3.63) is 119 Å². The normalized spacial score (nSPS) is 11.3. The second-order valence-electron chi connectivity index (χ2n) is 7.66. The molecule has 1 N–H and O–H groups in total. The lowest BCUT2D eigenvalue weighted by molar-refractivity contribution is 0.408. The zero-order valence-corrected chi connectivity index (χ0v) is 20.3. The number of amidine groups is 1. The molecule has 0 spiro atoms. The molecule has 6 heteroatoms. The van der Waals surface area contributed by atoms with Gasteiger partial charge in [-0.05, 0) is 71.8 Å². The number of rotatable bonds is 7. The molecule has 0 bridgehead atoms. The van der Waals surface area contributed by atoms with Crippen molar-refractivity contribution in [3.8, 4) is 11.5 Å². The minimum absolute atomic E-state index is 0.249. The van der Waals surface area contributed by atoms with Gasteiger partial charge in [-0.25, -0.2) is 4.99 Å². The maximum atomic E-state index is 9.73. The molecule has 34 heavy (non-hydrogen) atoms. The van der Waals surface area contributed by atoms with Crippen LogP contribution in [0.25, 0.3) is 0 Å². The summed E-state index contributed by atoms with van der Waals surface area (Å²) < 4.78 is 5.32. The number of nitrogens with zero attached hydrogens (tertiary/aromatic N) is 2. The molecule has 0 aromatic heterocycles. The molecular weight excluding hydrogens is 464 g/mol. The number of aliphatic imine (C=N–C) groups is 1. The first-order valence-corrected chi connectivity index (χ1v) is 12.0. The summed E-state index contributed by atoms with van der Waals surface area (Å²) >= 11 is 7.70. The number of methoxy groups -OCH3 is 1. The summed E-state index contributed by atoms with van der Waals surface area (Å²) in [4.78, 5) is 8.30. The third-order valence-electron chi connectivity index (χ3n) is 5.12. The van der Waals surface area contributed by atoms with Gasteiger partial charge in [0.25, 0.3) is 0 Å². The van der Waals surface area contributed by atoms with Gasteiger partial charge in [0.1, 0.15) is 11.5 Å². The zero-order valence-electron chi connectivity index (χ0n) is 18.8. The van der Waals surface area contributed by atoms with Crippen LogP contribution in [0, 0.1) is 0 Å². The lowest BCUT2D eigenvalue weighted by atomic mass is 10.1. The Morgan fingerprint density at radius 2 is 1.41 bits per heavy atom. The van der Waals surface area contributed by atoms with Crippen molar-refractivity contribution >= 4 is 34.2 Å². The van der Waals surface area contributed by atoms with Gasteiger partial charge in [-0.1, -0.05) is 65.8 Å². The Morgan fingerprint density at radius 3 is 2.00 bits per heavy atom. The molecule has 4 aromatic rings. The molecule has 172 valence electrons. The maximum Gasteiger partial charge on any atom is 0.169 e. The summed E-state index contributed by atoms with van der Waals surface area (Å²) in [6.45, 7) is 1.27. The summed E-state index contributed by atoms with van der Waals surface area (Å²) in [6, 6.07) is 33.1. The predicted octanol–water partition coefficient (Wildman–Crippen LogP) is 7.54. The van der Waals surface area contributed by atoms with E-state index in [1.165, 1.54) is 0 Å². The van der Waals surface area contributed by atoms with Gasteiger partial charge in [-0.2, -0.15) is 0 Å². The van der Waals surface area contributed by atoms with Gasteiger partial charge in [0.2, 0.25) is 0 Å². The van der Waals surface area contributed by atoms with Gasteiger partial charge < -0.3 is 14.7 Å². The Labute approximate surface area is 209 Å². The molecule has 0 aliphatic heterocycles. The first kappa shape index (κ1) is 23.7. The summed E-state index contributed by atoms with van der Waals surface area (Å²) in [5.74, 6) is 1.07. The second kappa shape index (κ2) is 11.6. The summed E-state index contributed by atoms with van der Waals surface area (Å²) in [7, 11) is 1.67. The lowest BCUT2D eigenvalue weighted by Crippen LogP contribution is -2.28. The third-order valence-corrected chi connectivity index (χ3v) is 6.41. The van der Waals surface area contributed by atoms with Gasteiger partial charge in [-0.3, -0.25) is 0 Å². The van der Waals surface area contributed by atoms with E-state index in [4.69, 9.17) is 21.3 Å². The van der Waals surface area contributed by atoms with Crippen LogP contribution in [0.4, 0.5) is 5.69 Å². The van der Waals surface area contributed by atoms with Crippen molar-refractivity contribution in [1.29, 1.82) is 0 Å². The van der Waals surface area contributed by atoms with Crippen molar-refractivity contribution in [2.24, 2.45) is 4.99 Å². The van der Waals surface area contributed by atoms with E-state index >= 15 is 0 Å². The van der Waals surface area contributed by atoms with E-state index in [-0.39, 0.29) is 5.75 Å². The fourth-order valence-electron chi connectivity index (χ4n) is 3.34. The van der Waals surface area contributed by atoms with Crippen LogP contribution in [0.2, 0.25) is 5.02 Å². The molecule has 0 unspecified atom stereocenters. The topological polar surface area (TPSA) is 45.1 Å². The van der Waals surface area contributed by atoms with Crippen molar-refractivity contribution in [2.75, 3.05) is 7.11 Å². The number of hydrogen-bond acceptors (Lipinski definition) is 4. The Bertz CT molecular complexity index is 1210. The molecule has 0 aliphatic rings. The van der Waals surface area contributed by atoms with E-state index in [9.17, 15) is 5.11 Å².